The average molecular weight is 484 g/mol. The molecule has 0 saturated heterocycles. The van der Waals surface area contributed by atoms with E-state index in [2.05, 4.69) is 5.43 Å². The van der Waals surface area contributed by atoms with Crippen molar-refractivity contribution in [2.45, 2.75) is 52.7 Å². The van der Waals surface area contributed by atoms with E-state index in [9.17, 15) is 19.2 Å². The van der Waals surface area contributed by atoms with Crippen LogP contribution in [0.15, 0.2) is 54.6 Å². The molecule has 0 aliphatic carbocycles. The molecule has 2 amide bonds. The number of nitrogens with one attached hydrogen (secondary N) is 1. The van der Waals surface area contributed by atoms with E-state index in [1.807, 2.05) is 44.2 Å². The highest BCUT2D eigenvalue weighted by molar-refractivity contribution is 5.98. The first-order chi connectivity index (χ1) is 16.7. The lowest BCUT2D eigenvalue weighted by Gasteiger charge is -2.25. The third-order valence-corrected chi connectivity index (χ3v) is 5.01. The Kier molecular flexibility index (Phi) is 10.9. The molecule has 9 nitrogen and oxygen atoms in total. The van der Waals surface area contributed by atoms with Gasteiger partial charge in [0.2, 0.25) is 5.91 Å². The molecule has 0 aliphatic heterocycles. The van der Waals surface area contributed by atoms with Gasteiger partial charge in [-0.05, 0) is 49.1 Å². The van der Waals surface area contributed by atoms with Crippen molar-refractivity contribution in [2.75, 3.05) is 11.6 Å². The highest BCUT2D eigenvalue weighted by Gasteiger charge is 2.24. The summed E-state index contributed by atoms with van der Waals surface area (Å²) in [5.74, 6) is -1.90. The van der Waals surface area contributed by atoms with Crippen molar-refractivity contribution >= 4 is 29.4 Å². The second-order valence-corrected chi connectivity index (χ2v) is 8.36. The lowest BCUT2D eigenvalue weighted by molar-refractivity contribution is -0.146. The standard InChI is InChI=1S/C26H33N3O6/c1-4-34-26(33)20-11-13-21(14-12-20)29(23(30)15-10-18(2)3)28-25(32)22(27)16-24(31)35-17-19-8-6-5-7-9-19/h5-9,11-14,18,22H,4,10,15-17,27H2,1-3H3,(H,28,32). The van der Waals surface area contributed by atoms with Crippen LogP contribution in [0, 0.1) is 5.92 Å². The van der Waals surface area contributed by atoms with Crippen LogP contribution in [-0.4, -0.2) is 36.4 Å². The van der Waals surface area contributed by atoms with Gasteiger partial charge in [-0.2, -0.15) is 0 Å². The third kappa shape index (κ3) is 9.21. The Morgan fingerprint density at radius 2 is 1.63 bits per heavy atom. The van der Waals surface area contributed by atoms with Crippen LogP contribution in [0.2, 0.25) is 0 Å². The highest BCUT2D eigenvalue weighted by atomic mass is 16.5. The van der Waals surface area contributed by atoms with Gasteiger partial charge >= 0.3 is 11.9 Å². The Balaban J connectivity index is 2.05. The summed E-state index contributed by atoms with van der Waals surface area (Å²) in [5, 5.41) is 1.09. The van der Waals surface area contributed by atoms with E-state index < -0.39 is 23.9 Å². The number of rotatable bonds is 11. The van der Waals surface area contributed by atoms with E-state index >= 15 is 0 Å². The Morgan fingerprint density at radius 1 is 0.971 bits per heavy atom. The van der Waals surface area contributed by atoms with E-state index in [-0.39, 0.29) is 37.9 Å². The molecular weight excluding hydrogens is 450 g/mol. The molecule has 0 aliphatic rings. The van der Waals surface area contributed by atoms with E-state index in [0.29, 0.717) is 17.7 Å². The highest BCUT2D eigenvalue weighted by Crippen LogP contribution is 2.17. The number of hydrogen-bond acceptors (Lipinski definition) is 7. The number of hydrazine groups is 1. The molecular formula is C26H33N3O6. The number of esters is 2. The van der Waals surface area contributed by atoms with E-state index in [1.54, 1.807) is 6.92 Å². The minimum absolute atomic E-state index is 0.0701. The van der Waals surface area contributed by atoms with Crippen molar-refractivity contribution < 1.29 is 28.7 Å². The predicted octanol–water partition coefficient (Wildman–Crippen LogP) is 3.12. The fourth-order valence-electron chi connectivity index (χ4n) is 3.02. The van der Waals surface area contributed by atoms with Gasteiger partial charge in [0, 0.05) is 6.42 Å². The molecule has 0 aromatic heterocycles. The summed E-state index contributed by atoms with van der Waals surface area (Å²) in [7, 11) is 0. The average Bonchev–Trinajstić information content (AvgIpc) is 2.85. The summed E-state index contributed by atoms with van der Waals surface area (Å²) in [6.07, 6.45) is 0.449. The zero-order valence-electron chi connectivity index (χ0n) is 20.4. The first-order valence-electron chi connectivity index (χ1n) is 11.6. The Morgan fingerprint density at radius 3 is 2.23 bits per heavy atom. The number of ether oxygens (including phenoxy) is 2. The largest absolute Gasteiger partial charge is 0.462 e. The number of nitrogens with two attached hydrogens (primary N) is 1. The molecule has 1 unspecified atom stereocenters. The number of carbonyl (C=O) groups excluding carboxylic acids is 4. The Hall–Kier alpha value is -3.72. The molecule has 2 aromatic carbocycles. The number of anilines is 1. The van der Waals surface area contributed by atoms with Crippen molar-refractivity contribution in [1.29, 1.82) is 0 Å². The summed E-state index contributed by atoms with van der Waals surface area (Å²) < 4.78 is 10.2. The van der Waals surface area contributed by atoms with Gasteiger partial charge in [-0.15, -0.1) is 0 Å². The first kappa shape index (κ1) is 27.5. The summed E-state index contributed by atoms with van der Waals surface area (Å²) >= 11 is 0. The molecule has 3 N–H and O–H groups in total. The fraction of sp³-hybridized carbons (Fsp3) is 0.385. The number of hydrogen-bond donors (Lipinski definition) is 2. The van der Waals surface area contributed by atoms with E-state index in [0.717, 1.165) is 10.6 Å². The lowest BCUT2D eigenvalue weighted by atomic mass is 10.1. The van der Waals surface area contributed by atoms with Crippen LogP contribution in [0.25, 0.3) is 0 Å². The lowest BCUT2D eigenvalue weighted by Crippen LogP contribution is -2.52. The second-order valence-electron chi connectivity index (χ2n) is 8.36. The summed E-state index contributed by atoms with van der Waals surface area (Å²) in [6, 6.07) is 14.0. The minimum atomic E-state index is -1.22. The van der Waals surface area contributed by atoms with E-state index in [1.165, 1.54) is 24.3 Å². The van der Waals surface area contributed by atoms with Crippen molar-refractivity contribution in [1.82, 2.24) is 5.43 Å². The molecule has 0 spiro atoms. The molecule has 0 radical (unpaired) electrons. The maximum absolute atomic E-state index is 12.9. The molecule has 0 bridgehead atoms. The SMILES string of the molecule is CCOC(=O)c1ccc(N(NC(=O)C(N)CC(=O)OCc2ccccc2)C(=O)CCC(C)C)cc1. The van der Waals surface area contributed by atoms with Crippen LogP contribution < -0.4 is 16.2 Å². The zero-order valence-corrected chi connectivity index (χ0v) is 20.4. The van der Waals surface area contributed by atoms with Gasteiger partial charge < -0.3 is 15.2 Å². The van der Waals surface area contributed by atoms with Crippen molar-refractivity contribution in [3.63, 3.8) is 0 Å². The molecule has 2 rings (SSSR count). The van der Waals surface area contributed by atoms with Crippen LogP contribution in [0.3, 0.4) is 0 Å². The van der Waals surface area contributed by atoms with Gasteiger partial charge in [0.15, 0.2) is 0 Å². The smallest absolute Gasteiger partial charge is 0.338 e. The molecule has 9 heteroatoms. The molecule has 0 saturated carbocycles. The van der Waals surface area contributed by atoms with Gasteiger partial charge in [-0.25, -0.2) is 9.80 Å². The van der Waals surface area contributed by atoms with Gasteiger partial charge in [-0.1, -0.05) is 44.2 Å². The number of nitrogens with zero attached hydrogens (tertiary/aromatic N) is 1. The molecule has 2 aromatic rings. The molecule has 188 valence electrons. The maximum Gasteiger partial charge on any atom is 0.338 e. The van der Waals surface area contributed by atoms with Crippen LogP contribution in [0.1, 0.15) is 56.0 Å². The number of carbonyl (C=O) groups is 4. The van der Waals surface area contributed by atoms with E-state index in [4.69, 9.17) is 15.2 Å². The second kappa shape index (κ2) is 13.9. The Bertz CT molecular complexity index is 992. The summed E-state index contributed by atoms with van der Waals surface area (Å²) in [4.78, 5) is 49.7. The van der Waals surface area contributed by atoms with Crippen molar-refractivity contribution in [3.05, 3.63) is 65.7 Å². The molecule has 1 atom stereocenters. The van der Waals surface area contributed by atoms with Crippen molar-refractivity contribution in [2.24, 2.45) is 11.7 Å². The quantitative estimate of drug-likeness (QED) is 0.371. The van der Waals surface area contributed by atoms with Gasteiger partial charge in [-0.3, -0.25) is 19.8 Å². The van der Waals surface area contributed by atoms with Crippen LogP contribution >= 0.6 is 0 Å². The Labute approximate surface area is 205 Å². The molecule has 35 heavy (non-hydrogen) atoms. The van der Waals surface area contributed by atoms with Crippen LogP contribution in [-0.2, 0) is 30.5 Å². The topological polar surface area (TPSA) is 128 Å². The number of amides is 2. The van der Waals surface area contributed by atoms with Gasteiger partial charge in [0.25, 0.3) is 5.91 Å². The summed E-state index contributed by atoms with van der Waals surface area (Å²) in [6.45, 7) is 5.99. The minimum Gasteiger partial charge on any atom is -0.462 e. The number of benzene rings is 2. The van der Waals surface area contributed by atoms with Crippen LogP contribution in [0.4, 0.5) is 5.69 Å². The van der Waals surface area contributed by atoms with Crippen molar-refractivity contribution in [3.8, 4) is 0 Å². The molecule has 0 fully saturated rings. The third-order valence-electron chi connectivity index (χ3n) is 5.01. The van der Waals surface area contributed by atoms with Gasteiger partial charge in [0.05, 0.1) is 30.3 Å². The fourth-order valence-corrected chi connectivity index (χ4v) is 3.02. The maximum atomic E-state index is 12.9. The molecule has 0 heterocycles. The predicted molar refractivity (Wildman–Crippen MR) is 131 cm³/mol. The van der Waals surface area contributed by atoms with Crippen LogP contribution in [0.5, 0.6) is 0 Å². The monoisotopic (exact) mass is 483 g/mol. The first-order valence-corrected chi connectivity index (χ1v) is 11.6. The normalized spacial score (nSPS) is 11.5. The zero-order chi connectivity index (χ0) is 25.8. The van der Waals surface area contributed by atoms with Gasteiger partial charge in [0.1, 0.15) is 6.61 Å². The summed E-state index contributed by atoms with van der Waals surface area (Å²) in [5.41, 5.74) is 9.90.